The lowest BCUT2D eigenvalue weighted by atomic mass is 10.3. The predicted molar refractivity (Wildman–Crippen MR) is 77.9 cm³/mol. The molecule has 0 radical (unpaired) electrons. The molecule has 7 heteroatoms. The molecule has 2 rings (SSSR count). The second-order valence-electron chi connectivity index (χ2n) is 4.43. The molecule has 0 atom stereocenters. The Morgan fingerprint density at radius 2 is 1.65 bits per heavy atom. The molecule has 0 aliphatic heterocycles. The van der Waals surface area contributed by atoms with E-state index in [0.717, 1.165) is 0 Å². The standard InChI is InChI=1S/C16H13F2NO4/c17-11-5-7-12(8-6-11)19-15(20)9-23-16(21)10-22-14-4-2-1-3-13(14)18/h1-8H,9-10H2,(H,19,20). The molecule has 120 valence electrons. The summed E-state index contributed by atoms with van der Waals surface area (Å²) in [5.41, 5.74) is 0.370. The lowest BCUT2D eigenvalue weighted by Crippen LogP contribution is -2.23. The van der Waals surface area contributed by atoms with E-state index in [1.165, 1.54) is 42.5 Å². The van der Waals surface area contributed by atoms with E-state index in [2.05, 4.69) is 10.1 Å². The highest BCUT2D eigenvalue weighted by atomic mass is 19.1. The summed E-state index contributed by atoms with van der Waals surface area (Å²) in [5, 5.41) is 2.42. The molecule has 0 bridgehead atoms. The molecule has 0 saturated heterocycles. The van der Waals surface area contributed by atoms with Gasteiger partial charge in [-0.15, -0.1) is 0 Å². The first-order chi connectivity index (χ1) is 11.0. The van der Waals surface area contributed by atoms with Crippen molar-refractivity contribution in [3.63, 3.8) is 0 Å². The molecule has 0 aromatic heterocycles. The molecule has 0 fully saturated rings. The van der Waals surface area contributed by atoms with Gasteiger partial charge in [0.2, 0.25) is 0 Å². The van der Waals surface area contributed by atoms with Crippen molar-refractivity contribution >= 4 is 17.6 Å². The highest BCUT2D eigenvalue weighted by Gasteiger charge is 2.10. The van der Waals surface area contributed by atoms with Crippen molar-refractivity contribution in [1.82, 2.24) is 0 Å². The monoisotopic (exact) mass is 321 g/mol. The Kier molecular flexibility index (Phi) is 5.62. The zero-order chi connectivity index (χ0) is 16.7. The van der Waals surface area contributed by atoms with Crippen LogP contribution in [0.2, 0.25) is 0 Å². The van der Waals surface area contributed by atoms with Crippen molar-refractivity contribution in [2.24, 2.45) is 0 Å². The maximum Gasteiger partial charge on any atom is 0.344 e. The molecular formula is C16H13F2NO4. The molecule has 0 heterocycles. The molecule has 1 N–H and O–H groups in total. The van der Waals surface area contributed by atoms with Crippen molar-refractivity contribution in [2.75, 3.05) is 18.5 Å². The number of rotatable bonds is 6. The minimum absolute atomic E-state index is 0.0831. The van der Waals surface area contributed by atoms with Crippen LogP contribution in [0.15, 0.2) is 48.5 Å². The minimum Gasteiger partial charge on any atom is -0.479 e. The van der Waals surface area contributed by atoms with Crippen LogP contribution in [0.4, 0.5) is 14.5 Å². The van der Waals surface area contributed by atoms with E-state index in [4.69, 9.17) is 4.74 Å². The normalized spacial score (nSPS) is 10.0. The first-order valence-electron chi connectivity index (χ1n) is 6.63. The SMILES string of the molecule is O=C(COC(=O)COc1ccccc1F)Nc1ccc(F)cc1. The maximum absolute atomic E-state index is 13.3. The Balaban J connectivity index is 1.72. The maximum atomic E-state index is 13.3. The van der Waals surface area contributed by atoms with Gasteiger partial charge in [-0.2, -0.15) is 0 Å². The van der Waals surface area contributed by atoms with E-state index in [1.54, 1.807) is 6.07 Å². The number of hydrogen-bond donors (Lipinski definition) is 1. The van der Waals surface area contributed by atoms with Gasteiger partial charge in [0.15, 0.2) is 24.8 Å². The number of carbonyl (C=O) groups is 2. The van der Waals surface area contributed by atoms with Gasteiger partial charge < -0.3 is 14.8 Å². The van der Waals surface area contributed by atoms with Gasteiger partial charge in [-0.1, -0.05) is 12.1 Å². The number of hydrogen-bond acceptors (Lipinski definition) is 4. The smallest absolute Gasteiger partial charge is 0.344 e. The third-order valence-electron chi connectivity index (χ3n) is 2.67. The lowest BCUT2D eigenvalue weighted by molar-refractivity contribution is -0.149. The van der Waals surface area contributed by atoms with Crippen LogP contribution >= 0.6 is 0 Å². The lowest BCUT2D eigenvalue weighted by Gasteiger charge is -2.08. The van der Waals surface area contributed by atoms with Gasteiger partial charge in [0.25, 0.3) is 5.91 Å². The van der Waals surface area contributed by atoms with Crippen LogP contribution in [0, 0.1) is 11.6 Å². The molecule has 1 amide bonds. The molecule has 0 unspecified atom stereocenters. The molecule has 0 spiro atoms. The fourth-order valence-electron chi connectivity index (χ4n) is 1.62. The van der Waals surface area contributed by atoms with Crippen LogP contribution in [0.1, 0.15) is 0 Å². The average molecular weight is 321 g/mol. The largest absolute Gasteiger partial charge is 0.479 e. The van der Waals surface area contributed by atoms with Crippen LogP contribution in [-0.4, -0.2) is 25.1 Å². The van der Waals surface area contributed by atoms with Crippen LogP contribution in [0.3, 0.4) is 0 Å². The number of amides is 1. The van der Waals surface area contributed by atoms with Gasteiger partial charge in [-0.05, 0) is 36.4 Å². The summed E-state index contributed by atoms with van der Waals surface area (Å²) in [4.78, 5) is 23.0. The van der Waals surface area contributed by atoms with Crippen molar-refractivity contribution in [3.8, 4) is 5.75 Å². The van der Waals surface area contributed by atoms with Gasteiger partial charge in [0, 0.05) is 5.69 Å². The number of halogens is 2. The number of carbonyl (C=O) groups excluding carboxylic acids is 2. The predicted octanol–water partition coefficient (Wildman–Crippen LogP) is 2.53. The zero-order valence-electron chi connectivity index (χ0n) is 11.9. The first kappa shape index (κ1) is 16.4. The van der Waals surface area contributed by atoms with Gasteiger partial charge in [0.1, 0.15) is 5.82 Å². The summed E-state index contributed by atoms with van der Waals surface area (Å²) in [7, 11) is 0. The number of anilines is 1. The molecular weight excluding hydrogens is 308 g/mol. The molecule has 0 aliphatic carbocycles. The van der Waals surface area contributed by atoms with Crippen LogP contribution in [-0.2, 0) is 14.3 Å². The summed E-state index contributed by atoms with van der Waals surface area (Å²) in [6.45, 7) is -1.05. The molecule has 0 saturated carbocycles. The van der Waals surface area contributed by atoms with E-state index < -0.39 is 36.7 Å². The molecule has 0 aliphatic rings. The summed E-state index contributed by atoms with van der Waals surface area (Å²) in [5.74, 6) is -2.52. The second-order valence-corrected chi connectivity index (χ2v) is 4.43. The van der Waals surface area contributed by atoms with Crippen LogP contribution in [0.25, 0.3) is 0 Å². The summed E-state index contributed by atoms with van der Waals surface area (Å²) < 4.78 is 35.6. The van der Waals surface area contributed by atoms with Gasteiger partial charge in [-0.3, -0.25) is 4.79 Å². The Morgan fingerprint density at radius 1 is 0.957 bits per heavy atom. The van der Waals surface area contributed by atoms with Crippen LogP contribution in [0.5, 0.6) is 5.75 Å². The highest BCUT2D eigenvalue weighted by Crippen LogP contribution is 2.15. The Morgan fingerprint density at radius 3 is 2.35 bits per heavy atom. The fourth-order valence-corrected chi connectivity index (χ4v) is 1.62. The molecule has 2 aromatic rings. The Bertz CT molecular complexity index is 689. The number of esters is 1. The van der Waals surface area contributed by atoms with Crippen molar-refractivity contribution in [1.29, 1.82) is 0 Å². The van der Waals surface area contributed by atoms with Gasteiger partial charge in [0.05, 0.1) is 0 Å². The molecule has 23 heavy (non-hydrogen) atoms. The van der Waals surface area contributed by atoms with E-state index in [0.29, 0.717) is 5.69 Å². The summed E-state index contributed by atoms with van der Waals surface area (Å²) >= 11 is 0. The minimum atomic E-state index is -0.817. The number of ether oxygens (including phenoxy) is 2. The van der Waals surface area contributed by atoms with E-state index in [9.17, 15) is 18.4 Å². The molecule has 2 aromatic carbocycles. The Labute approximate surface area is 130 Å². The van der Waals surface area contributed by atoms with E-state index >= 15 is 0 Å². The number of benzene rings is 2. The van der Waals surface area contributed by atoms with Crippen LogP contribution < -0.4 is 10.1 Å². The third kappa shape index (κ3) is 5.39. The summed E-state index contributed by atoms with van der Waals surface area (Å²) in [6, 6.07) is 10.7. The van der Waals surface area contributed by atoms with E-state index in [1.807, 2.05) is 0 Å². The average Bonchev–Trinajstić information content (AvgIpc) is 2.54. The topological polar surface area (TPSA) is 64.6 Å². The summed E-state index contributed by atoms with van der Waals surface area (Å²) in [6.07, 6.45) is 0. The Hall–Kier alpha value is -2.96. The van der Waals surface area contributed by atoms with Crippen molar-refractivity contribution in [2.45, 2.75) is 0 Å². The van der Waals surface area contributed by atoms with E-state index in [-0.39, 0.29) is 5.75 Å². The second kappa shape index (κ2) is 7.88. The molecule has 5 nitrogen and oxygen atoms in total. The van der Waals surface area contributed by atoms with Gasteiger partial charge in [-0.25, -0.2) is 13.6 Å². The quantitative estimate of drug-likeness (QED) is 0.831. The fraction of sp³-hybridized carbons (Fsp3) is 0.125. The highest BCUT2D eigenvalue weighted by molar-refractivity contribution is 5.92. The first-order valence-corrected chi connectivity index (χ1v) is 6.63. The van der Waals surface area contributed by atoms with Gasteiger partial charge >= 0.3 is 5.97 Å². The number of para-hydroxylation sites is 1. The van der Waals surface area contributed by atoms with Crippen molar-refractivity contribution < 1.29 is 27.8 Å². The zero-order valence-corrected chi connectivity index (χ0v) is 11.9. The van der Waals surface area contributed by atoms with Crippen molar-refractivity contribution in [3.05, 3.63) is 60.2 Å². The third-order valence-corrected chi connectivity index (χ3v) is 2.67. The number of nitrogens with one attached hydrogen (secondary N) is 1.